The molecule has 0 aliphatic heterocycles. The van der Waals surface area contributed by atoms with E-state index in [2.05, 4.69) is 52.7 Å². The molecule has 0 radical (unpaired) electrons. The Morgan fingerprint density at radius 2 is 1.85 bits per heavy atom. The third-order valence-corrected chi connectivity index (χ3v) is 5.35. The highest BCUT2D eigenvalue weighted by atomic mass is 32.2. The monoisotopic (exact) mass is 372 g/mol. The van der Waals surface area contributed by atoms with Crippen LogP contribution in [0.4, 0.5) is 0 Å². The molecule has 26 heavy (non-hydrogen) atoms. The quantitative estimate of drug-likeness (QED) is 0.384. The van der Waals surface area contributed by atoms with Gasteiger partial charge in [-0.3, -0.25) is 4.18 Å². The van der Waals surface area contributed by atoms with Gasteiger partial charge < -0.3 is 0 Å². The number of allylic oxidation sites excluding steroid dienone is 4. The number of hydrogen-bond acceptors (Lipinski definition) is 2. The number of benzene rings is 1. The first-order valence-corrected chi connectivity index (χ1v) is 10.1. The summed E-state index contributed by atoms with van der Waals surface area (Å²) in [7, 11) is 0. The maximum atomic E-state index is 12.5. The lowest BCUT2D eigenvalue weighted by molar-refractivity contribution is 0.138. The van der Waals surface area contributed by atoms with Gasteiger partial charge >= 0.3 is 0 Å². The minimum atomic E-state index is -1.56. The van der Waals surface area contributed by atoms with Crippen molar-refractivity contribution >= 4 is 11.1 Å². The lowest BCUT2D eigenvalue weighted by Gasteiger charge is -2.29. The second-order valence-corrected chi connectivity index (χ2v) is 8.89. The molecule has 2 atom stereocenters. The Morgan fingerprint density at radius 3 is 2.38 bits per heavy atom. The van der Waals surface area contributed by atoms with Gasteiger partial charge in [-0.25, -0.2) is 4.21 Å². The van der Waals surface area contributed by atoms with Crippen LogP contribution < -0.4 is 0 Å². The molecule has 142 valence electrons. The van der Waals surface area contributed by atoms with E-state index in [9.17, 15) is 4.21 Å². The van der Waals surface area contributed by atoms with Gasteiger partial charge in [-0.15, -0.1) is 6.42 Å². The van der Waals surface area contributed by atoms with Crippen molar-refractivity contribution in [1.82, 2.24) is 0 Å². The first-order chi connectivity index (χ1) is 12.2. The summed E-state index contributed by atoms with van der Waals surface area (Å²) >= 11 is -1.56. The topological polar surface area (TPSA) is 26.3 Å². The zero-order valence-electron chi connectivity index (χ0n) is 17.0. The van der Waals surface area contributed by atoms with Crippen LogP contribution in [0.15, 0.2) is 52.5 Å². The van der Waals surface area contributed by atoms with Crippen molar-refractivity contribution in [1.29, 1.82) is 0 Å². The highest BCUT2D eigenvalue weighted by Gasteiger charge is 2.30. The molecule has 0 aromatic heterocycles. The van der Waals surface area contributed by atoms with E-state index >= 15 is 0 Å². The van der Waals surface area contributed by atoms with Crippen LogP contribution in [0.1, 0.15) is 59.4 Å². The van der Waals surface area contributed by atoms with E-state index in [0.29, 0.717) is 4.90 Å². The first kappa shape index (κ1) is 22.4. The van der Waals surface area contributed by atoms with Crippen molar-refractivity contribution in [3.8, 4) is 12.3 Å². The summed E-state index contributed by atoms with van der Waals surface area (Å²) in [5.41, 5.74) is 3.50. The second-order valence-electron chi connectivity index (χ2n) is 7.75. The fraction of sp³-hybridized carbons (Fsp3) is 0.478. The zero-order chi connectivity index (χ0) is 19.7. The van der Waals surface area contributed by atoms with Gasteiger partial charge in [0.1, 0.15) is 6.10 Å². The van der Waals surface area contributed by atoms with Crippen molar-refractivity contribution in [2.24, 2.45) is 5.41 Å². The Balaban J connectivity index is 2.71. The minimum absolute atomic E-state index is 0.299. The molecule has 2 unspecified atom stereocenters. The van der Waals surface area contributed by atoms with Crippen molar-refractivity contribution < 1.29 is 8.39 Å². The summed E-state index contributed by atoms with van der Waals surface area (Å²) < 4.78 is 18.2. The van der Waals surface area contributed by atoms with Crippen LogP contribution >= 0.6 is 0 Å². The molecule has 0 saturated carbocycles. The van der Waals surface area contributed by atoms with Gasteiger partial charge in [0.2, 0.25) is 0 Å². The first-order valence-electron chi connectivity index (χ1n) is 9.06. The molecule has 0 aliphatic rings. The van der Waals surface area contributed by atoms with Gasteiger partial charge in [-0.1, -0.05) is 60.8 Å². The van der Waals surface area contributed by atoms with E-state index in [1.165, 1.54) is 11.1 Å². The van der Waals surface area contributed by atoms with Crippen LogP contribution in [0.2, 0.25) is 0 Å². The molecule has 0 amide bonds. The Labute approximate surface area is 162 Å². The minimum Gasteiger partial charge on any atom is -0.270 e. The van der Waals surface area contributed by atoms with E-state index in [0.717, 1.165) is 24.8 Å². The number of hydrogen-bond donors (Lipinski definition) is 0. The molecule has 1 rings (SSSR count). The van der Waals surface area contributed by atoms with Gasteiger partial charge in [-0.05, 0) is 59.1 Å². The highest BCUT2D eigenvalue weighted by molar-refractivity contribution is 7.80. The van der Waals surface area contributed by atoms with Crippen LogP contribution in [0, 0.1) is 24.7 Å². The highest BCUT2D eigenvalue weighted by Crippen LogP contribution is 2.30. The molecule has 3 heteroatoms. The van der Waals surface area contributed by atoms with Crippen LogP contribution in [0.3, 0.4) is 0 Å². The van der Waals surface area contributed by atoms with Crippen molar-refractivity contribution in [3.63, 3.8) is 0 Å². The third-order valence-electron chi connectivity index (χ3n) is 4.33. The van der Waals surface area contributed by atoms with E-state index in [-0.39, 0.29) is 5.41 Å². The second kappa shape index (κ2) is 10.5. The van der Waals surface area contributed by atoms with Gasteiger partial charge in [0.25, 0.3) is 0 Å². The zero-order valence-corrected chi connectivity index (χ0v) is 17.8. The molecular weight excluding hydrogens is 340 g/mol. The SMILES string of the molecule is C#CC(OS(=O)c1ccc(C)cc1)C(C)(C)C/C=C(\C)CCC=C(C)C. The fourth-order valence-corrected chi connectivity index (χ4v) is 3.37. The van der Waals surface area contributed by atoms with Gasteiger partial charge in [0, 0.05) is 5.41 Å². The maximum absolute atomic E-state index is 12.5. The molecule has 0 fully saturated rings. The normalized spacial score (nSPS) is 14.4. The summed E-state index contributed by atoms with van der Waals surface area (Å²) in [6.07, 6.45) is 12.5. The lowest BCUT2D eigenvalue weighted by atomic mass is 9.82. The van der Waals surface area contributed by atoms with Crippen LogP contribution in [-0.2, 0) is 15.3 Å². The molecule has 1 aromatic carbocycles. The maximum Gasteiger partial charge on any atom is 0.190 e. The fourth-order valence-electron chi connectivity index (χ4n) is 2.41. The van der Waals surface area contributed by atoms with Crippen molar-refractivity contribution in [2.45, 2.75) is 71.8 Å². The van der Waals surface area contributed by atoms with Gasteiger partial charge in [0.15, 0.2) is 11.1 Å². The van der Waals surface area contributed by atoms with E-state index in [1.54, 1.807) is 0 Å². The van der Waals surface area contributed by atoms with Gasteiger partial charge in [-0.2, -0.15) is 0 Å². The predicted molar refractivity (Wildman–Crippen MR) is 112 cm³/mol. The molecule has 0 bridgehead atoms. The number of rotatable bonds is 9. The number of aryl methyl sites for hydroxylation is 1. The number of terminal acetylenes is 1. The van der Waals surface area contributed by atoms with Crippen molar-refractivity contribution in [2.75, 3.05) is 0 Å². The molecular formula is C23H32O2S. The Hall–Kier alpha value is -1.63. The molecule has 0 saturated heterocycles. The molecule has 2 nitrogen and oxygen atoms in total. The molecule has 0 N–H and O–H groups in total. The third kappa shape index (κ3) is 7.72. The van der Waals surface area contributed by atoms with Crippen LogP contribution in [0.25, 0.3) is 0 Å². The average molecular weight is 373 g/mol. The summed E-state index contributed by atoms with van der Waals surface area (Å²) in [4.78, 5) is 0.639. The van der Waals surface area contributed by atoms with Gasteiger partial charge in [0.05, 0.1) is 4.90 Å². The molecule has 1 aromatic rings. The Bertz CT molecular complexity index is 699. The molecule has 0 aliphatic carbocycles. The standard InChI is InChI=1S/C23H32O2S/c1-8-22(25-26(24)21-14-12-20(5)13-15-21)23(6,7)17-16-19(4)11-9-10-18(2)3/h1,10,12-16,22H,9,11,17H2,2-7H3/b19-16+. The van der Waals surface area contributed by atoms with Crippen LogP contribution in [-0.4, -0.2) is 10.3 Å². The predicted octanol–water partition coefficient (Wildman–Crippen LogP) is 6.15. The largest absolute Gasteiger partial charge is 0.270 e. The summed E-state index contributed by atoms with van der Waals surface area (Å²) in [6.45, 7) is 12.5. The summed E-state index contributed by atoms with van der Waals surface area (Å²) in [6, 6.07) is 7.48. The lowest BCUT2D eigenvalue weighted by Crippen LogP contribution is -2.31. The Kier molecular flexibility index (Phi) is 9.05. The molecule has 0 spiro atoms. The smallest absolute Gasteiger partial charge is 0.190 e. The van der Waals surface area contributed by atoms with E-state index in [4.69, 9.17) is 10.6 Å². The summed E-state index contributed by atoms with van der Waals surface area (Å²) in [5.74, 6) is 2.68. The molecule has 0 heterocycles. The summed E-state index contributed by atoms with van der Waals surface area (Å²) in [5, 5.41) is 0. The van der Waals surface area contributed by atoms with Crippen LogP contribution in [0.5, 0.6) is 0 Å². The van der Waals surface area contributed by atoms with E-state index in [1.807, 2.05) is 31.2 Å². The Morgan fingerprint density at radius 1 is 1.23 bits per heavy atom. The van der Waals surface area contributed by atoms with E-state index < -0.39 is 17.2 Å². The van der Waals surface area contributed by atoms with Crippen molar-refractivity contribution in [3.05, 3.63) is 53.1 Å². The average Bonchev–Trinajstić information content (AvgIpc) is 2.58.